The van der Waals surface area contributed by atoms with Gasteiger partial charge in [-0.05, 0) is 24.4 Å². The van der Waals surface area contributed by atoms with Crippen molar-refractivity contribution >= 4 is 29.2 Å². The second-order valence-electron chi connectivity index (χ2n) is 3.44. The summed E-state index contributed by atoms with van der Waals surface area (Å²) < 4.78 is 13.7. The first-order valence-electron chi connectivity index (χ1n) is 4.76. The van der Waals surface area contributed by atoms with Gasteiger partial charge in [-0.1, -0.05) is 0 Å². The van der Waals surface area contributed by atoms with Gasteiger partial charge < -0.3 is 9.97 Å². The van der Waals surface area contributed by atoms with Gasteiger partial charge in [0.2, 0.25) is 0 Å². The lowest BCUT2D eigenvalue weighted by atomic mass is 10.1. The maximum Gasteiger partial charge on any atom is 0.279 e. The lowest BCUT2D eigenvalue weighted by Crippen LogP contribution is -2.25. The normalized spacial score (nSPS) is 10.8. The Morgan fingerprint density at radius 1 is 1.47 bits per heavy atom. The molecule has 0 aliphatic rings. The van der Waals surface area contributed by atoms with E-state index in [1.54, 1.807) is 0 Å². The van der Waals surface area contributed by atoms with Crippen molar-refractivity contribution in [1.82, 2.24) is 15.0 Å². The zero-order valence-corrected chi connectivity index (χ0v) is 10.0. The first-order chi connectivity index (χ1) is 8.02. The van der Waals surface area contributed by atoms with E-state index >= 15 is 0 Å². The largest absolute Gasteiger partial charge is 0.331 e. The van der Waals surface area contributed by atoms with Gasteiger partial charge in [0.15, 0.2) is 4.77 Å². The zero-order chi connectivity index (χ0) is 12.6. The molecule has 2 aromatic rings. The Balaban J connectivity index is 2.67. The molecule has 90 valence electrons. The van der Waals surface area contributed by atoms with Crippen LogP contribution in [-0.2, 0) is 4.84 Å². The van der Waals surface area contributed by atoms with Crippen molar-refractivity contribution in [3.8, 4) is 0 Å². The van der Waals surface area contributed by atoms with Crippen molar-refractivity contribution in [3.63, 3.8) is 0 Å². The fourth-order valence-corrected chi connectivity index (χ4v) is 1.74. The molecule has 0 aliphatic heterocycles. The minimum atomic E-state index is -0.518. The number of benzene rings is 1. The molecule has 1 aromatic carbocycles. The summed E-state index contributed by atoms with van der Waals surface area (Å²) in [6, 6.07) is 2.41. The first-order valence-corrected chi connectivity index (χ1v) is 5.17. The highest BCUT2D eigenvalue weighted by Crippen LogP contribution is 2.19. The van der Waals surface area contributed by atoms with Gasteiger partial charge in [0.05, 0.1) is 23.7 Å². The van der Waals surface area contributed by atoms with E-state index in [9.17, 15) is 9.18 Å². The molecule has 1 amide bonds. The molecule has 0 spiro atoms. The number of rotatable bonds is 2. The van der Waals surface area contributed by atoms with Crippen LogP contribution in [0.5, 0.6) is 0 Å². The third kappa shape index (κ3) is 2.06. The summed E-state index contributed by atoms with van der Waals surface area (Å²) in [5.74, 6) is -0.974. The number of amides is 1. The SMILES string of the molecule is CON(C)C(=O)c1cc(F)cc2[nH]c(=S)[nH]c12. The monoisotopic (exact) mass is 255 g/mol. The fourth-order valence-electron chi connectivity index (χ4n) is 1.53. The van der Waals surface area contributed by atoms with Gasteiger partial charge in [0.25, 0.3) is 5.91 Å². The summed E-state index contributed by atoms with van der Waals surface area (Å²) >= 11 is 4.91. The summed E-state index contributed by atoms with van der Waals surface area (Å²) in [5, 5.41) is 1.01. The van der Waals surface area contributed by atoms with Crippen LogP contribution in [0.1, 0.15) is 10.4 Å². The van der Waals surface area contributed by atoms with Crippen molar-refractivity contribution in [2.45, 2.75) is 0 Å². The topological polar surface area (TPSA) is 61.1 Å². The number of H-pyrrole nitrogens is 2. The number of nitrogens with zero attached hydrogens (tertiary/aromatic N) is 1. The molecule has 7 heteroatoms. The molecule has 0 radical (unpaired) electrons. The molecular formula is C10H10FN3O2S. The molecule has 0 saturated carbocycles. The van der Waals surface area contributed by atoms with E-state index in [1.165, 1.54) is 20.2 Å². The molecule has 0 fully saturated rings. The van der Waals surface area contributed by atoms with Crippen LogP contribution in [0.15, 0.2) is 12.1 Å². The quantitative estimate of drug-likeness (QED) is 0.637. The number of aromatic nitrogens is 2. The second kappa shape index (κ2) is 4.27. The van der Waals surface area contributed by atoms with Gasteiger partial charge in [0, 0.05) is 7.05 Å². The smallest absolute Gasteiger partial charge is 0.279 e. The van der Waals surface area contributed by atoms with Gasteiger partial charge in [-0.25, -0.2) is 9.45 Å². The Morgan fingerprint density at radius 3 is 2.82 bits per heavy atom. The molecule has 0 unspecified atom stereocenters. The number of carbonyl (C=O) groups excluding carboxylic acids is 1. The Labute approximate surface area is 101 Å². The Hall–Kier alpha value is -1.73. The van der Waals surface area contributed by atoms with Crippen molar-refractivity contribution in [1.29, 1.82) is 0 Å². The maximum atomic E-state index is 13.4. The molecule has 1 heterocycles. The summed E-state index contributed by atoms with van der Waals surface area (Å²) in [7, 11) is 2.80. The number of nitrogens with one attached hydrogen (secondary N) is 2. The molecule has 0 saturated heterocycles. The van der Waals surface area contributed by atoms with Crippen LogP contribution in [-0.4, -0.2) is 35.1 Å². The Bertz CT molecular complexity index is 634. The molecule has 17 heavy (non-hydrogen) atoms. The average Bonchev–Trinajstić information content (AvgIpc) is 2.66. The first kappa shape index (κ1) is 11.7. The van der Waals surface area contributed by atoms with Gasteiger partial charge in [0.1, 0.15) is 5.82 Å². The minimum absolute atomic E-state index is 0.164. The van der Waals surface area contributed by atoms with Gasteiger partial charge in [-0.15, -0.1) is 0 Å². The number of hydrogen-bond donors (Lipinski definition) is 2. The van der Waals surface area contributed by atoms with Gasteiger partial charge >= 0.3 is 0 Å². The maximum absolute atomic E-state index is 13.4. The third-order valence-electron chi connectivity index (χ3n) is 2.38. The van der Waals surface area contributed by atoms with Crippen molar-refractivity contribution in [3.05, 3.63) is 28.3 Å². The lowest BCUT2D eigenvalue weighted by Gasteiger charge is -2.13. The molecule has 5 nitrogen and oxygen atoms in total. The van der Waals surface area contributed by atoms with Crippen molar-refractivity contribution in [2.24, 2.45) is 0 Å². The molecule has 1 aromatic heterocycles. The third-order valence-corrected chi connectivity index (χ3v) is 2.58. The number of hydrogen-bond acceptors (Lipinski definition) is 3. The van der Waals surface area contributed by atoms with Gasteiger partial charge in [-0.3, -0.25) is 9.63 Å². The van der Waals surface area contributed by atoms with E-state index < -0.39 is 11.7 Å². The number of hydroxylamine groups is 2. The predicted molar refractivity (Wildman–Crippen MR) is 62.5 cm³/mol. The summed E-state index contributed by atoms with van der Waals surface area (Å²) in [5.41, 5.74) is 1.07. The van der Waals surface area contributed by atoms with E-state index in [-0.39, 0.29) is 5.56 Å². The minimum Gasteiger partial charge on any atom is -0.331 e. The summed E-state index contributed by atoms with van der Waals surface area (Å²) in [6.07, 6.45) is 0. The highest BCUT2D eigenvalue weighted by atomic mass is 32.1. The number of halogens is 1. The number of fused-ring (bicyclic) bond motifs is 1. The number of imidazole rings is 1. The summed E-state index contributed by atoms with van der Waals surface area (Å²) in [6.45, 7) is 0. The van der Waals surface area contributed by atoms with Crippen LogP contribution >= 0.6 is 12.2 Å². The molecule has 0 aliphatic carbocycles. The van der Waals surface area contributed by atoms with Crippen LogP contribution in [0.3, 0.4) is 0 Å². The van der Waals surface area contributed by atoms with Gasteiger partial charge in [-0.2, -0.15) is 0 Å². The van der Waals surface area contributed by atoms with E-state index in [0.29, 0.717) is 15.8 Å². The van der Waals surface area contributed by atoms with Crippen LogP contribution < -0.4 is 0 Å². The van der Waals surface area contributed by atoms with Crippen LogP contribution in [0, 0.1) is 10.6 Å². The molecule has 0 atom stereocenters. The number of carbonyl (C=O) groups is 1. The highest BCUT2D eigenvalue weighted by molar-refractivity contribution is 7.71. The standard InChI is InChI=1S/C10H10FN3O2S/c1-14(16-2)9(15)6-3-5(11)4-7-8(6)13-10(17)12-7/h3-4H,1-2H3,(H2,12,13,17). The Kier molecular flexibility index (Phi) is 2.95. The Morgan fingerprint density at radius 2 is 2.18 bits per heavy atom. The van der Waals surface area contributed by atoms with E-state index in [2.05, 4.69) is 9.97 Å². The predicted octanol–water partition coefficient (Wildman–Crippen LogP) is 2.00. The van der Waals surface area contributed by atoms with Crippen LogP contribution in [0.2, 0.25) is 0 Å². The highest BCUT2D eigenvalue weighted by Gasteiger charge is 2.17. The zero-order valence-electron chi connectivity index (χ0n) is 9.20. The fraction of sp³-hybridized carbons (Fsp3) is 0.200. The molecule has 0 bridgehead atoms. The van der Waals surface area contributed by atoms with E-state index in [4.69, 9.17) is 17.1 Å². The molecule has 2 rings (SSSR count). The lowest BCUT2D eigenvalue weighted by molar-refractivity contribution is -0.0756. The van der Waals surface area contributed by atoms with Crippen LogP contribution in [0.25, 0.3) is 11.0 Å². The average molecular weight is 255 g/mol. The molecular weight excluding hydrogens is 245 g/mol. The van der Waals surface area contributed by atoms with Crippen LogP contribution in [0.4, 0.5) is 4.39 Å². The van der Waals surface area contributed by atoms with E-state index in [1.807, 2.05) is 0 Å². The van der Waals surface area contributed by atoms with Crippen molar-refractivity contribution in [2.75, 3.05) is 14.2 Å². The second-order valence-corrected chi connectivity index (χ2v) is 3.85. The van der Waals surface area contributed by atoms with Crippen molar-refractivity contribution < 1.29 is 14.0 Å². The molecule has 2 N–H and O–H groups in total. The summed E-state index contributed by atoms with van der Waals surface area (Å²) in [4.78, 5) is 22.3. The van der Waals surface area contributed by atoms with E-state index in [0.717, 1.165) is 11.1 Å². The number of aromatic amines is 2.